The Morgan fingerprint density at radius 1 is 1.25 bits per heavy atom. The minimum Gasteiger partial charge on any atom is -0.287 e. The summed E-state index contributed by atoms with van der Waals surface area (Å²) in [6.45, 7) is 2.22. The van der Waals surface area contributed by atoms with Gasteiger partial charge in [0.05, 0.1) is 11.7 Å². The molecule has 1 aromatic carbocycles. The zero-order valence-corrected chi connectivity index (χ0v) is 11.5. The summed E-state index contributed by atoms with van der Waals surface area (Å²) in [6.07, 6.45) is 1.31. The molecule has 0 aliphatic carbocycles. The highest BCUT2D eigenvalue weighted by atomic mass is 35.5. The molecule has 0 atom stereocenters. The van der Waals surface area contributed by atoms with Crippen molar-refractivity contribution in [1.29, 1.82) is 0 Å². The van der Waals surface area contributed by atoms with Crippen molar-refractivity contribution in [2.24, 2.45) is 0 Å². The molecule has 0 radical (unpaired) electrons. The van der Waals surface area contributed by atoms with E-state index in [1.165, 1.54) is 6.20 Å². The lowest BCUT2D eigenvalue weighted by atomic mass is 10.2. The molecule has 2 aromatic heterocycles. The number of aromatic nitrogens is 4. The maximum absolute atomic E-state index is 11.8. The molecule has 3 rings (SSSR count). The number of aryl methyl sites for hydroxylation is 1. The van der Waals surface area contributed by atoms with Crippen LogP contribution in [0.15, 0.2) is 41.3 Å². The van der Waals surface area contributed by atoms with Gasteiger partial charge in [-0.1, -0.05) is 23.7 Å². The predicted octanol–water partition coefficient (Wildman–Crippen LogP) is 2.20. The molecule has 0 bridgehead atoms. The van der Waals surface area contributed by atoms with Crippen LogP contribution in [-0.4, -0.2) is 19.7 Å². The number of fused-ring (bicyclic) bond motifs is 1. The highest BCUT2D eigenvalue weighted by molar-refractivity contribution is 6.29. The molecule has 0 saturated carbocycles. The summed E-state index contributed by atoms with van der Waals surface area (Å²) in [5.41, 5.74) is 1.45. The lowest BCUT2D eigenvalue weighted by Gasteiger charge is -2.08. The van der Waals surface area contributed by atoms with Gasteiger partial charge in [-0.2, -0.15) is 5.10 Å². The van der Waals surface area contributed by atoms with Crippen molar-refractivity contribution in [3.63, 3.8) is 0 Å². The molecule has 6 heteroatoms. The Balaban J connectivity index is 2.11. The zero-order valence-electron chi connectivity index (χ0n) is 10.7. The highest BCUT2D eigenvalue weighted by Gasteiger charge is 2.06. The number of halogens is 1. The van der Waals surface area contributed by atoms with Crippen molar-refractivity contribution >= 4 is 22.5 Å². The Kier molecular flexibility index (Phi) is 3.20. The summed E-state index contributed by atoms with van der Waals surface area (Å²) in [4.78, 5) is 20.3. The smallest absolute Gasteiger partial charge is 0.207 e. The Labute approximate surface area is 119 Å². The van der Waals surface area contributed by atoms with E-state index < -0.39 is 0 Å². The summed E-state index contributed by atoms with van der Waals surface area (Å²) in [5.74, 6) is 0.566. The average molecular weight is 287 g/mol. The first-order chi connectivity index (χ1) is 9.63. The van der Waals surface area contributed by atoms with Crippen molar-refractivity contribution < 1.29 is 0 Å². The summed E-state index contributed by atoms with van der Waals surface area (Å²) < 4.78 is 1.70. The summed E-state index contributed by atoms with van der Waals surface area (Å²) in [7, 11) is 0. The van der Waals surface area contributed by atoms with Crippen molar-refractivity contribution in [3.05, 3.63) is 63.4 Å². The van der Waals surface area contributed by atoms with Crippen molar-refractivity contribution in [3.8, 4) is 0 Å². The van der Waals surface area contributed by atoms with Gasteiger partial charge in [0.25, 0.3) is 0 Å². The first-order valence-electron chi connectivity index (χ1n) is 6.08. The molecule has 20 heavy (non-hydrogen) atoms. The van der Waals surface area contributed by atoms with Crippen LogP contribution in [0.4, 0.5) is 0 Å². The molecule has 0 spiro atoms. The van der Waals surface area contributed by atoms with Crippen LogP contribution in [0.3, 0.4) is 0 Å². The molecule has 0 amide bonds. The first kappa shape index (κ1) is 12.7. The van der Waals surface area contributed by atoms with Crippen molar-refractivity contribution in [2.75, 3.05) is 0 Å². The molecule has 0 saturated heterocycles. The van der Waals surface area contributed by atoms with Crippen LogP contribution in [0.5, 0.6) is 0 Å². The van der Waals surface area contributed by atoms with E-state index in [1.54, 1.807) is 16.8 Å². The number of rotatable bonds is 2. The predicted molar refractivity (Wildman–Crippen MR) is 76.9 cm³/mol. The molecule has 0 fully saturated rings. The molecule has 100 valence electrons. The molecule has 3 aromatic rings. The van der Waals surface area contributed by atoms with Gasteiger partial charge in [0.1, 0.15) is 11.7 Å². The number of nitrogens with zero attached hydrogens (tertiary/aromatic N) is 4. The van der Waals surface area contributed by atoms with Crippen molar-refractivity contribution in [1.82, 2.24) is 19.7 Å². The van der Waals surface area contributed by atoms with Gasteiger partial charge in [0.15, 0.2) is 5.82 Å². The van der Waals surface area contributed by atoms with Crippen LogP contribution in [0.25, 0.3) is 10.9 Å². The van der Waals surface area contributed by atoms with Crippen molar-refractivity contribution in [2.45, 2.75) is 13.5 Å². The fraction of sp³-hybridized carbons (Fsp3) is 0.143. The lowest BCUT2D eigenvalue weighted by molar-refractivity contribution is 0.660. The number of para-hydroxylation sites is 1. The van der Waals surface area contributed by atoms with Gasteiger partial charge in [-0.3, -0.25) is 9.48 Å². The number of benzene rings is 1. The summed E-state index contributed by atoms with van der Waals surface area (Å²) >= 11 is 5.93. The van der Waals surface area contributed by atoms with Crippen LogP contribution in [0.1, 0.15) is 11.5 Å². The molecule has 0 unspecified atom stereocenters. The van der Waals surface area contributed by atoms with Gasteiger partial charge in [-0.15, -0.1) is 0 Å². The Hall–Kier alpha value is -2.27. The summed E-state index contributed by atoms with van der Waals surface area (Å²) in [5, 5.41) is 5.17. The van der Waals surface area contributed by atoms with Gasteiger partial charge in [-0.05, 0) is 25.1 Å². The zero-order chi connectivity index (χ0) is 14.1. The Morgan fingerprint density at radius 3 is 2.85 bits per heavy atom. The maximum atomic E-state index is 11.8. The third-order valence-corrected chi connectivity index (χ3v) is 3.12. The Bertz CT molecular complexity index is 824. The molecular formula is C14H11ClN4O. The van der Waals surface area contributed by atoms with Gasteiger partial charge in [0, 0.05) is 11.1 Å². The van der Waals surface area contributed by atoms with E-state index >= 15 is 0 Å². The van der Waals surface area contributed by atoms with Crippen LogP contribution in [-0.2, 0) is 6.54 Å². The summed E-state index contributed by atoms with van der Waals surface area (Å²) in [6, 6.07) is 9.02. The largest absolute Gasteiger partial charge is 0.287 e. The van der Waals surface area contributed by atoms with Gasteiger partial charge in [-0.25, -0.2) is 9.97 Å². The van der Waals surface area contributed by atoms with Crippen LogP contribution >= 0.6 is 11.6 Å². The maximum Gasteiger partial charge on any atom is 0.207 e. The fourth-order valence-electron chi connectivity index (χ4n) is 2.08. The standard InChI is InChI=1S/C14H11ClN4O/c1-9-6-13(15)18-14(17-9)8-19-11-5-3-2-4-10(11)12(20)7-16-19/h2-7H,8H2,1H3. The van der Waals surface area contributed by atoms with Gasteiger partial charge < -0.3 is 0 Å². The third kappa shape index (κ3) is 2.40. The molecule has 0 aliphatic rings. The van der Waals surface area contributed by atoms with E-state index in [1.807, 2.05) is 25.1 Å². The topological polar surface area (TPSA) is 60.7 Å². The second kappa shape index (κ2) is 5.02. The average Bonchev–Trinajstić information content (AvgIpc) is 2.41. The number of hydrogen-bond acceptors (Lipinski definition) is 4. The van der Waals surface area contributed by atoms with Crippen LogP contribution < -0.4 is 5.43 Å². The van der Waals surface area contributed by atoms with E-state index in [4.69, 9.17) is 11.6 Å². The molecule has 5 nitrogen and oxygen atoms in total. The highest BCUT2D eigenvalue weighted by Crippen LogP contribution is 2.11. The Morgan fingerprint density at radius 2 is 2.05 bits per heavy atom. The monoisotopic (exact) mass is 286 g/mol. The van der Waals surface area contributed by atoms with Crippen LogP contribution in [0.2, 0.25) is 5.15 Å². The van der Waals surface area contributed by atoms with E-state index in [2.05, 4.69) is 15.1 Å². The number of hydrogen-bond donors (Lipinski definition) is 0. The minimum atomic E-state index is -0.0972. The second-order valence-electron chi connectivity index (χ2n) is 4.43. The van der Waals surface area contributed by atoms with Gasteiger partial charge >= 0.3 is 0 Å². The third-order valence-electron chi connectivity index (χ3n) is 2.92. The van der Waals surface area contributed by atoms with E-state index in [9.17, 15) is 4.79 Å². The van der Waals surface area contributed by atoms with E-state index in [0.717, 1.165) is 11.2 Å². The van der Waals surface area contributed by atoms with Gasteiger partial charge in [0.2, 0.25) is 5.43 Å². The molecular weight excluding hydrogens is 276 g/mol. The fourth-order valence-corrected chi connectivity index (χ4v) is 2.34. The SMILES string of the molecule is Cc1cc(Cl)nc(Cn2ncc(=O)c3ccccc32)n1. The quantitative estimate of drug-likeness (QED) is 0.678. The molecule has 0 N–H and O–H groups in total. The second-order valence-corrected chi connectivity index (χ2v) is 4.82. The molecule has 0 aliphatic heterocycles. The first-order valence-corrected chi connectivity index (χ1v) is 6.46. The molecule has 2 heterocycles. The van der Waals surface area contributed by atoms with Crippen LogP contribution in [0, 0.1) is 6.92 Å². The lowest BCUT2D eigenvalue weighted by Crippen LogP contribution is -2.14. The normalized spacial score (nSPS) is 10.9. The van der Waals surface area contributed by atoms with E-state index in [0.29, 0.717) is 22.9 Å². The minimum absolute atomic E-state index is 0.0972. The van der Waals surface area contributed by atoms with E-state index in [-0.39, 0.29) is 5.43 Å².